The lowest BCUT2D eigenvalue weighted by Gasteiger charge is -2.17. The van der Waals surface area contributed by atoms with Crippen molar-refractivity contribution in [1.29, 1.82) is 0 Å². The molecule has 6 rings (SSSR count). The number of nitrogens with one attached hydrogen (secondary N) is 1. The topological polar surface area (TPSA) is 123 Å². The number of nitro groups is 1. The van der Waals surface area contributed by atoms with Crippen LogP contribution in [0.1, 0.15) is 6.42 Å². The van der Waals surface area contributed by atoms with Gasteiger partial charge in [-0.1, -0.05) is 23.9 Å². The summed E-state index contributed by atoms with van der Waals surface area (Å²) in [6, 6.07) is 11.0. The number of allylic oxidation sites excluding steroid dienone is 2. The number of hydrogen-bond donors (Lipinski definition) is 1. The lowest BCUT2D eigenvalue weighted by Crippen LogP contribution is -2.32. The summed E-state index contributed by atoms with van der Waals surface area (Å²) in [6.45, 7) is 0. The Balaban J connectivity index is 1.13. The number of amides is 3. The highest BCUT2D eigenvalue weighted by Crippen LogP contribution is 2.53. The molecule has 11 heteroatoms. The Bertz CT molecular complexity index is 1400. The van der Waals surface area contributed by atoms with E-state index >= 15 is 0 Å². The summed E-state index contributed by atoms with van der Waals surface area (Å²) in [7, 11) is 0. The van der Waals surface area contributed by atoms with E-state index in [0.29, 0.717) is 15.7 Å². The summed E-state index contributed by atoms with van der Waals surface area (Å²) < 4.78 is 1.52. The maximum Gasteiger partial charge on any atom is 0.269 e. The summed E-state index contributed by atoms with van der Waals surface area (Å²) in [5, 5.41) is 13.4. The normalized spacial score (nSPS) is 24.4. The van der Waals surface area contributed by atoms with Crippen molar-refractivity contribution in [3.63, 3.8) is 0 Å². The van der Waals surface area contributed by atoms with E-state index < -0.39 is 4.92 Å². The zero-order valence-corrected chi connectivity index (χ0v) is 19.8. The number of carbonyl (C=O) groups is 3. The van der Waals surface area contributed by atoms with Gasteiger partial charge in [-0.05, 0) is 48.6 Å². The molecule has 35 heavy (non-hydrogen) atoms. The van der Waals surface area contributed by atoms with Crippen LogP contribution in [0.15, 0.2) is 59.0 Å². The highest BCUT2D eigenvalue weighted by molar-refractivity contribution is 8.01. The highest BCUT2D eigenvalue weighted by Gasteiger charge is 2.59. The van der Waals surface area contributed by atoms with Crippen LogP contribution in [0.25, 0.3) is 10.2 Å². The van der Waals surface area contributed by atoms with Crippen LogP contribution in [0.3, 0.4) is 0 Å². The minimum absolute atomic E-state index is 0.0456. The van der Waals surface area contributed by atoms with Crippen LogP contribution in [0, 0.1) is 33.8 Å². The molecular formula is C24H18N4O5S2. The molecule has 1 saturated heterocycles. The summed E-state index contributed by atoms with van der Waals surface area (Å²) in [4.78, 5) is 54.6. The molecule has 3 aliphatic rings. The molecular weight excluding hydrogens is 488 g/mol. The molecule has 1 saturated carbocycles. The van der Waals surface area contributed by atoms with Gasteiger partial charge in [-0.3, -0.25) is 24.5 Å². The fourth-order valence-electron chi connectivity index (χ4n) is 5.24. The molecule has 176 valence electrons. The van der Waals surface area contributed by atoms with Gasteiger partial charge in [0.05, 0.1) is 38.4 Å². The van der Waals surface area contributed by atoms with Crippen LogP contribution >= 0.6 is 23.1 Å². The Morgan fingerprint density at radius 2 is 1.80 bits per heavy atom. The fraction of sp³-hybridized carbons (Fsp3) is 0.250. The number of nitro benzene ring substituents is 1. The molecule has 4 atom stereocenters. The Kier molecular flexibility index (Phi) is 5.19. The summed E-state index contributed by atoms with van der Waals surface area (Å²) >= 11 is 2.67. The van der Waals surface area contributed by atoms with E-state index in [9.17, 15) is 24.5 Å². The van der Waals surface area contributed by atoms with Gasteiger partial charge in [-0.15, -0.1) is 11.3 Å². The number of aromatic nitrogens is 1. The number of fused-ring (bicyclic) bond motifs is 6. The molecule has 0 radical (unpaired) electrons. The molecule has 2 heterocycles. The molecule has 2 aromatic carbocycles. The minimum atomic E-state index is -0.498. The van der Waals surface area contributed by atoms with Crippen molar-refractivity contribution in [1.82, 2.24) is 4.98 Å². The molecule has 2 bridgehead atoms. The van der Waals surface area contributed by atoms with Crippen LogP contribution in [-0.4, -0.2) is 33.4 Å². The predicted octanol–water partition coefficient (Wildman–Crippen LogP) is 4.25. The maximum absolute atomic E-state index is 13.1. The van der Waals surface area contributed by atoms with E-state index in [1.54, 1.807) is 12.1 Å². The second kappa shape index (κ2) is 8.28. The number of thiazole rings is 1. The van der Waals surface area contributed by atoms with E-state index in [1.807, 2.05) is 6.07 Å². The highest BCUT2D eigenvalue weighted by atomic mass is 32.2. The average molecular weight is 507 g/mol. The summed E-state index contributed by atoms with van der Waals surface area (Å²) in [5.74, 6) is -0.517. The van der Waals surface area contributed by atoms with Crippen LogP contribution in [0.2, 0.25) is 0 Å². The predicted molar refractivity (Wildman–Crippen MR) is 132 cm³/mol. The van der Waals surface area contributed by atoms with Crippen molar-refractivity contribution < 1.29 is 19.3 Å². The molecule has 1 aliphatic heterocycles. The van der Waals surface area contributed by atoms with Crippen LogP contribution in [0.4, 0.5) is 17.1 Å². The van der Waals surface area contributed by atoms with Crippen molar-refractivity contribution in [3.8, 4) is 0 Å². The van der Waals surface area contributed by atoms with Crippen LogP contribution in [0.5, 0.6) is 0 Å². The number of non-ortho nitro benzene ring substituents is 1. The minimum Gasteiger partial charge on any atom is -0.325 e. The molecule has 9 nitrogen and oxygen atoms in total. The van der Waals surface area contributed by atoms with Gasteiger partial charge in [0.1, 0.15) is 0 Å². The number of hydrogen-bond acceptors (Lipinski definition) is 8. The number of thioether (sulfide) groups is 1. The second-order valence-electron chi connectivity index (χ2n) is 8.78. The first-order valence-corrected chi connectivity index (χ1v) is 12.8. The van der Waals surface area contributed by atoms with E-state index in [4.69, 9.17) is 0 Å². The van der Waals surface area contributed by atoms with Gasteiger partial charge in [0.2, 0.25) is 17.7 Å². The quantitative estimate of drug-likeness (QED) is 0.174. The molecule has 1 N–H and O–H groups in total. The van der Waals surface area contributed by atoms with Crippen molar-refractivity contribution in [2.75, 3.05) is 16.0 Å². The summed E-state index contributed by atoms with van der Waals surface area (Å²) in [5.41, 5.74) is 1.73. The Morgan fingerprint density at radius 3 is 2.46 bits per heavy atom. The number of imide groups is 1. The van der Waals surface area contributed by atoms with Crippen molar-refractivity contribution in [2.24, 2.45) is 23.7 Å². The largest absolute Gasteiger partial charge is 0.325 e. The van der Waals surface area contributed by atoms with Gasteiger partial charge in [0.15, 0.2) is 4.34 Å². The zero-order chi connectivity index (χ0) is 24.3. The van der Waals surface area contributed by atoms with Crippen molar-refractivity contribution in [3.05, 3.63) is 64.7 Å². The Labute approximate surface area is 207 Å². The third kappa shape index (κ3) is 3.71. The Hall–Kier alpha value is -3.57. The van der Waals surface area contributed by atoms with E-state index in [2.05, 4.69) is 22.5 Å². The SMILES string of the molecule is O=C(CSc1nc2ccc(N3C(=O)[C@@H]4[C@@H](C3=O)[C@H]3C=C[C@H]4C3)cc2s1)Nc1ccc([N+](=O)[O-])cc1. The van der Waals surface area contributed by atoms with Gasteiger partial charge in [0, 0.05) is 17.8 Å². The van der Waals surface area contributed by atoms with E-state index in [0.717, 1.165) is 16.6 Å². The monoisotopic (exact) mass is 506 g/mol. The molecule has 2 fully saturated rings. The Morgan fingerprint density at radius 1 is 1.11 bits per heavy atom. The molecule has 3 aromatic rings. The van der Waals surface area contributed by atoms with Gasteiger partial charge in [-0.2, -0.15) is 0 Å². The van der Waals surface area contributed by atoms with Crippen molar-refractivity contribution in [2.45, 2.75) is 10.8 Å². The second-order valence-corrected chi connectivity index (χ2v) is 11.0. The summed E-state index contributed by atoms with van der Waals surface area (Å²) in [6.07, 6.45) is 5.05. The van der Waals surface area contributed by atoms with Gasteiger partial charge in [0.25, 0.3) is 5.69 Å². The standard InChI is InChI=1S/C24H18N4O5S2/c29-19(25-14-3-5-15(6-4-14)28(32)33)11-34-24-26-17-8-7-16(10-18(17)35-24)27-22(30)20-12-1-2-13(9-12)21(20)23(27)31/h1-8,10,12-13,20-21H,9,11H2,(H,25,29)/t12-,13-,20-,21-/m0/s1. The third-order valence-electron chi connectivity index (χ3n) is 6.77. The van der Waals surface area contributed by atoms with Gasteiger partial charge < -0.3 is 5.32 Å². The van der Waals surface area contributed by atoms with E-state index in [1.165, 1.54) is 52.3 Å². The smallest absolute Gasteiger partial charge is 0.269 e. The third-order valence-corrected chi connectivity index (χ3v) is 8.93. The van der Waals surface area contributed by atoms with Gasteiger partial charge in [-0.25, -0.2) is 9.88 Å². The van der Waals surface area contributed by atoms with Crippen molar-refractivity contribution >= 4 is 68.1 Å². The number of nitrogens with zero attached hydrogens (tertiary/aromatic N) is 3. The molecule has 2 aliphatic carbocycles. The molecule has 3 amide bonds. The lowest BCUT2D eigenvalue weighted by atomic mass is 9.85. The maximum atomic E-state index is 13.1. The number of carbonyl (C=O) groups excluding carboxylic acids is 3. The first-order valence-electron chi connectivity index (χ1n) is 11.0. The molecule has 1 aromatic heterocycles. The fourth-order valence-corrected chi connectivity index (χ4v) is 7.14. The van der Waals surface area contributed by atoms with Crippen LogP contribution < -0.4 is 10.2 Å². The lowest BCUT2D eigenvalue weighted by molar-refractivity contribution is -0.384. The number of anilines is 2. The first-order chi connectivity index (χ1) is 16.9. The first kappa shape index (κ1) is 21.9. The zero-order valence-electron chi connectivity index (χ0n) is 18.1. The van der Waals surface area contributed by atoms with Gasteiger partial charge >= 0.3 is 0 Å². The average Bonchev–Trinajstić information content (AvgIpc) is 3.60. The number of benzene rings is 2. The number of rotatable bonds is 6. The molecule has 0 spiro atoms. The van der Waals surface area contributed by atoms with Crippen LogP contribution in [-0.2, 0) is 14.4 Å². The molecule has 0 unspecified atom stereocenters. The van der Waals surface area contributed by atoms with E-state index in [-0.39, 0.29) is 52.8 Å².